The predicted octanol–water partition coefficient (Wildman–Crippen LogP) is 4.13. The minimum absolute atomic E-state index is 0.268. The summed E-state index contributed by atoms with van der Waals surface area (Å²) in [4.78, 5) is 12.4. The third-order valence-corrected chi connectivity index (χ3v) is 3.52. The normalized spacial score (nSPS) is 10.8. The second kappa shape index (κ2) is 4.91. The number of hydrogen-bond donors (Lipinski definition) is 0. The number of carbonyl (C=O) groups is 1. The molecule has 1 nitrogen and oxygen atoms in total. The number of thiophene rings is 1. The molecule has 0 spiro atoms. The van der Waals surface area contributed by atoms with Crippen LogP contribution in [0.2, 0.25) is 0 Å². The van der Waals surface area contributed by atoms with Crippen molar-refractivity contribution in [3.8, 4) is 0 Å². The van der Waals surface area contributed by atoms with Crippen LogP contribution in [-0.2, 0) is 0 Å². The Kier molecular flexibility index (Phi) is 4.13. The van der Waals surface area contributed by atoms with E-state index >= 15 is 0 Å². The zero-order valence-electron chi connectivity index (χ0n) is 7.84. The van der Waals surface area contributed by atoms with Crippen LogP contribution in [0.15, 0.2) is 15.9 Å². The van der Waals surface area contributed by atoms with Crippen molar-refractivity contribution in [3.63, 3.8) is 0 Å². The maximum absolute atomic E-state index is 11.6. The summed E-state index contributed by atoms with van der Waals surface area (Å²) in [6.45, 7) is 4.27. The average Bonchev–Trinajstić information content (AvgIpc) is 2.47. The maximum Gasteiger partial charge on any atom is 0.172 e. The molecule has 1 heterocycles. The third kappa shape index (κ3) is 3.61. The van der Waals surface area contributed by atoms with E-state index in [-0.39, 0.29) is 5.78 Å². The lowest BCUT2D eigenvalue weighted by Gasteiger charge is -2.01. The number of halogens is 1. The van der Waals surface area contributed by atoms with E-state index in [1.165, 1.54) is 11.3 Å². The summed E-state index contributed by atoms with van der Waals surface area (Å²) >= 11 is 4.85. The van der Waals surface area contributed by atoms with Gasteiger partial charge in [-0.15, -0.1) is 11.3 Å². The number of carbonyl (C=O) groups excluding carboxylic acids is 1. The van der Waals surface area contributed by atoms with E-state index in [1.54, 1.807) is 0 Å². The molecule has 1 aromatic rings. The van der Waals surface area contributed by atoms with Gasteiger partial charge in [0, 0.05) is 16.3 Å². The molecule has 0 amide bonds. The van der Waals surface area contributed by atoms with Gasteiger partial charge in [0.15, 0.2) is 5.78 Å². The highest BCUT2D eigenvalue weighted by Gasteiger charge is 2.08. The van der Waals surface area contributed by atoms with Crippen molar-refractivity contribution in [2.75, 3.05) is 0 Å². The molecular weight excluding hydrogens is 248 g/mol. The van der Waals surface area contributed by atoms with E-state index in [0.717, 1.165) is 15.8 Å². The van der Waals surface area contributed by atoms with Crippen LogP contribution in [0.4, 0.5) is 0 Å². The predicted molar refractivity (Wildman–Crippen MR) is 60.4 cm³/mol. The molecule has 0 unspecified atom stereocenters. The molecule has 0 aliphatic heterocycles. The fourth-order valence-corrected chi connectivity index (χ4v) is 2.40. The van der Waals surface area contributed by atoms with Gasteiger partial charge in [-0.1, -0.05) is 13.8 Å². The molecule has 0 aliphatic carbocycles. The Hall–Kier alpha value is -0.150. The van der Waals surface area contributed by atoms with Crippen LogP contribution in [0.5, 0.6) is 0 Å². The maximum atomic E-state index is 11.6. The van der Waals surface area contributed by atoms with Crippen LogP contribution in [0, 0.1) is 5.92 Å². The van der Waals surface area contributed by atoms with Gasteiger partial charge in [-0.3, -0.25) is 4.79 Å². The number of hydrogen-bond acceptors (Lipinski definition) is 2. The first kappa shape index (κ1) is 10.9. The van der Waals surface area contributed by atoms with Crippen molar-refractivity contribution in [1.82, 2.24) is 0 Å². The van der Waals surface area contributed by atoms with Gasteiger partial charge < -0.3 is 0 Å². The molecule has 3 heteroatoms. The fraction of sp³-hybridized carbons (Fsp3) is 0.500. The summed E-state index contributed by atoms with van der Waals surface area (Å²) in [6, 6.07) is 1.90. The molecule has 0 saturated heterocycles. The molecule has 0 aliphatic rings. The Morgan fingerprint density at radius 3 is 2.77 bits per heavy atom. The highest BCUT2D eigenvalue weighted by molar-refractivity contribution is 9.10. The Labute approximate surface area is 91.3 Å². The van der Waals surface area contributed by atoms with Crippen LogP contribution in [-0.4, -0.2) is 5.78 Å². The van der Waals surface area contributed by atoms with Gasteiger partial charge in [-0.05, 0) is 34.3 Å². The zero-order chi connectivity index (χ0) is 9.84. The minimum Gasteiger partial charge on any atom is -0.293 e. The number of ketones is 1. The SMILES string of the molecule is CC(C)CCC(=O)c1cc(Br)cs1. The molecule has 0 radical (unpaired) electrons. The van der Waals surface area contributed by atoms with Gasteiger partial charge in [0.2, 0.25) is 0 Å². The number of rotatable bonds is 4. The van der Waals surface area contributed by atoms with Crippen LogP contribution in [0.3, 0.4) is 0 Å². The first-order valence-electron chi connectivity index (χ1n) is 4.37. The topological polar surface area (TPSA) is 17.1 Å². The van der Waals surface area contributed by atoms with Crippen LogP contribution >= 0.6 is 27.3 Å². The smallest absolute Gasteiger partial charge is 0.172 e. The molecule has 0 N–H and O–H groups in total. The van der Waals surface area contributed by atoms with Gasteiger partial charge in [0.05, 0.1) is 4.88 Å². The molecule has 1 aromatic heterocycles. The molecule has 0 aromatic carbocycles. The Morgan fingerprint density at radius 1 is 1.62 bits per heavy atom. The molecule has 72 valence electrons. The minimum atomic E-state index is 0.268. The standard InChI is InChI=1S/C10H13BrOS/c1-7(2)3-4-9(12)10-5-8(11)6-13-10/h5-7H,3-4H2,1-2H3. The molecule has 0 bridgehead atoms. The van der Waals surface area contributed by atoms with E-state index in [9.17, 15) is 4.79 Å². The Morgan fingerprint density at radius 2 is 2.31 bits per heavy atom. The summed E-state index contributed by atoms with van der Waals surface area (Å²) in [5, 5.41) is 1.95. The zero-order valence-corrected chi connectivity index (χ0v) is 10.2. The lowest BCUT2D eigenvalue weighted by molar-refractivity contribution is 0.0979. The van der Waals surface area contributed by atoms with Gasteiger partial charge in [0.1, 0.15) is 0 Å². The van der Waals surface area contributed by atoms with Crippen molar-refractivity contribution in [1.29, 1.82) is 0 Å². The Balaban J connectivity index is 2.49. The highest BCUT2D eigenvalue weighted by atomic mass is 79.9. The van der Waals surface area contributed by atoms with Crippen LogP contribution in [0.25, 0.3) is 0 Å². The van der Waals surface area contributed by atoms with E-state index in [1.807, 2.05) is 11.4 Å². The molecule has 13 heavy (non-hydrogen) atoms. The van der Waals surface area contributed by atoms with Gasteiger partial charge in [-0.25, -0.2) is 0 Å². The lowest BCUT2D eigenvalue weighted by Crippen LogP contribution is -1.98. The van der Waals surface area contributed by atoms with Crippen molar-refractivity contribution >= 4 is 33.0 Å². The van der Waals surface area contributed by atoms with E-state index in [4.69, 9.17) is 0 Å². The monoisotopic (exact) mass is 260 g/mol. The molecule has 0 fully saturated rings. The Bertz CT molecular complexity index is 291. The summed E-state index contributed by atoms with van der Waals surface area (Å²) in [6.07, 6.45) is 1.65. The third-order valence-electron chi connectivity index (χ3n) is 1.79. The average molecular weight is 261 g/mol. The van der Waals surface area contributed by atoms with Crippen LogP contribution in [0.1, 0.15) is 36.4 Å². The molecule has 0 atom stereocenters. The second-order valence-electron chi connectivity index (χ2n) is 3.48. The van der Waals surface area contributed by atoms with Crippen molar-refractivity contribution in [2.45, 2.75) is 26.7 Å². The first-order chi connectivity index (χ1) is 6.09. The van der Waals surface area contributed by atoms with Gasteiger partial charge >= 0.3 is 0 Å². The first-order valence-corrected chi connectivity index (χ1v) is 6.04. The van der Waals surface area contributed by atoms with Crippen LogP contribution < -0.4 is 0 Å². The largest absolute Gasteiger partial charge is 0.293 e. The molecule has 1 rings (SSSR count). The second-order valence-corrected chi connectivity index (χ2v) is 5.31. The van der Waals surface area contributed by atoms with E-state index in [0.29, 0.717) is 12.3 Å². The summed E-state index contributed by atoms with van der Waals surface area (Å²) in [5.41, 5.74) is 0. The van der Waals surface area contributed by atoms with E-state index < -0.39 is 0 Å². The number of Topliss-reactive ketones (excluding diaryl/α,β-unsaturated/α-hetero) is 1. The van der Waals surface area contributed by atoms with Crippen molar-refractivity contribution in [3.05, 3.63) is 20.8 Å². The summed E-state index contributed by atoms with van der Waals surface area (Å²) in [5.74, 6) is 0.872. The molecule has 0 saturated carbocycles. The van der Waals surface area contributed by atoms with E-state index in [2.05, 4.69) is 29.8 Å². The lowest BCUT2D eigenvalue weighted by atomic mass is 10.1. The summed E-state index contributed by atoms with van der Waals surface area (Å²) < 4.78 is 1.00. The van der Waals surface area contributed by atoms with Gasteiger partial charge in [-0.2, -0.15) is 0 Å². The quantitative estimate of drug-likeness (QED) is 0.745. The van der Waals surface area contributed by atoms with Crippen molar-refractivity contribution < 1.29 is 4.79 Å². The van der Waals surface area contributed by atoms with Gasteiger partial charge in [0.25, 0.3) is 0 Å². The summed E-state index contributed by atoms with van der Waals surface area (Å²) in [7, 11) is 0. The molecular formula is C10H13BrOS. The highest BCUT2D eigenvalue weighted by Crippen LogP contribution is 2.22. The van der Waals surface area contributed by atoms with Crippen molar-refractivity contribution in [2.24, 2.45) is 5.92 Å². The fourth-order valence-electron chi connectivity index (χ4n) is 1.00.